The molecule has 1 saturated carbocycles. The first kappa shape index (κ1) is 13.2. The fourth-order valence-corrected chi connectivity index (χ4v) is 3.89. The van der Waals surface area contributed by atoms with Gasteiger partial charge in [-0.25, -0.2) is 4.79 Å². The Morgan fingerprint density at radius 2 is 2.14 bits per heavy atom. The van der Waals surface area contributed by atoms with Crippen LogP contribution in [0.5, 0.6) is 0 Å². The van der Waals surface area contributed by atoms with Gasteiger partial charge in [0.05, 0.1) is 0 Å². The molecule has 114 valence electrons. The van der Waals surface area contributed by atoms with E-state index in [-0.39, 0.29) is 5.60 Å². The maximum absolute atomic E-state index is 12.0. The van der Waals surface area contributed by atoms with E-state index in [9.17, 15) is 14.7 Å². The highest BCUT2D eigenvalue weighted by atomic mass is 16.7. The van der Waals surface area contributed by atoms with Crippen molar-refractivity contribution in [1.29, 1.82) is 0 Å². The predicted molar refractivity (Wildman–Crippen MR) is 72.0 cm³/mol. The minimum Gasteiger partial charge on any atom is -0.387 e. The van der Waals surface area contributed by atoms with E-state index in [1.54, 1.807) is 6.92 Å². The van der Waals surface area contributed by atoms with Gasteiger partial charge in [-0.15, -0.1) is 0 Å². The van der Waals surface area contributed by atoms with Crippen LogP contribution in [-0.2, 0) is 9.47 Å². The number of aryl methyl sites for hydroxylation is 1. The number of aliphatic hydroxyl groups is 1. The fourth-order valence-electron chi connectivity index (χ4n) is 3.89. The molecule has 0 radical (unpaired) electrons. The lowest BCUT2D eigenvalue weighted by atomic mass is 9.88. The van der Waals surface area contributed by atoms with Crippen molar-refractivity contribution < 1.29 is 14.6 Å². The lowest BCUT2D eigenvalue weighted by molar-refractivity contribution is -0.226. The van der Waals surface area contributed by atoms with Gasteiger partial charge in [-0.1, -0.05) is 6.92 Å². The number of nitrogens with one attached hydrogen (secondary N) is 1. The molecule has 1 aliphatic carbocycles. The smallest absolute Gasteiger partial charge is 0.330 e. The van der Waals surface area contributed by atoms with Crippen molar-refractivity contribution in [2.24, 2.45) is 0 Å². The van der Waals surface area contributed by atoms with Crippen LogP contribution in [0, 0.1) is 6.92 Å². The van der Waals surface area contributed by atoms with Crippen LogP contribution < -0.4 is 11.2 Å². The molecule has 1 spiro atoms. The summed E-state index contributed by atoms with van der Waals surface area (Å²) in [6.07, 6.45) is 1.81. The van der Waals surface area contributed by atoms with E-state index in [2.05, 4.69) is 4.98 Å². The zero-order valence-corrected chi connectivity index (χ0v) is 12.0. The second kappa shape index (κ2) is 3.85. The number of H-pyrrole nitrogens is 1. The quantitative estimate of drug-likeness (QED) is 0.789. The van der Waals surface area contributed by atoms with Crippen LogP contribution in [-0.4, -0.2) is 38.1 Å². The Hall–Kier alpha value is -1.44. The zero-order chi connectivity index (χ0) is 15.0. The molecule has 4 rings (SSSR count). The minimum absolute atomic E-state index is 0.386. The molecular weight excluding hydrogens is 276 g/mol. The van der Waals surface area contributed by atoms with Crippen molar-refractivity contribution in [3.8, 4) is 0 Å². The van der Waals surface area contributed by atoms with Crippen LogP contribution >= 0.6 is 0 Å². The van der Waals surface area contributed by atoms with Crippen LogP contribution in [0.25, 0.3) is 0 Å². The molecule has 2 aliphatic heterocycles. The molecule has 2 saturated heterocycles. The molecule has 0 amide bonds. The number of aliphatic hydroxyl groups excluding tert-OH is 1. The number of hydrogen-bond donors (Lipinski definition) is 2. The van der Waals surface area contributed by atoms with Crippen molar-refractivity contribution in [3.63, 3.8) is 0 Å². The van der Waals surface area contributed by atoms with E-state index in [1.807, 2.05) is 6.92 Å². The van der Waals surface area contributed by atoms with Gasteiger partial charge in [-0.2, -0.15) is 0 Å². The summed E-state index contributed by atoms with van der Waals surface area (Å²) in [6, 6.07) is 0. The number of fused-ring (bicyclic) bond motifs is 3. The fraction of sp³-hybridized carbons (Fsp3) is 0.714. The van der Waals surface area contributed by atoms with E-state index >= 15 is 0 Å². The third-order valence-corrected chi connectivity index (χ3v) is 5.18. The second-order valence-corrected chi connectivity index (χ2v) is 6.25. The number of aromatic amines is 1. The number of hydrogen-bond acceptors (Lipinski definition) is 5. The molecule has 21 heavy (non-hydrogen) atoms. The maximum atomic E-state index is 12.0. The molecule has 2 N–H and O–H groups in total. The second-order valence-electron chi connectivity index (χ2n) is 6.25. The van der Waals surface area contributed by atoms with E-state index in [0.29, 0.717) is 12.0 Å². The molecule has 1 unspecified atom stereocenters. The molecule has 1 aromatic rings. The summed E-state index contributed by atoms with van der Waals surface area (Å²) in [5, 5.41) is 10.6. The Morgan fingerprint density at radius 3 is 2.76 bits per heavy atom. The van der Waals surface area contributed by atoms with Crippen molar-refractivity contribution in [2.75, 3.05) is 0 Å². The van der Waals surface area contributed by atoms with Crippen molar-refractivity contribution in [3.05, 3.63) is 32.6 Å². The van der Waals surface area contributed by atoms with Gasteiger partial charge in [0.15, 0.2) is 6.23 Å². The van der Waals surface area contributed by atoms with Crippen molar-refractivity contribution in [2.45, 2.75) is 62.7 Å². The topological polar surface area (TPSA) is 93.6 Å². The number of aromatic nitrogens is 2. The number of rotatable bonds is 2. The minimum atomic E-state index is -0.755. The molecule has 3 fully saturated rings. The average molecular weight is 294 g/mol. The maximum Gasteiger partial charge on any atom is 0.330 e. The van der Waals surface area contributed by atoms with Gasteiger partial charge >= 0.3 is 5.69 Å². The highest BCUT2D eigenvalue weighted by molar-refractivity contribution is 5.25. The molecular formula is C14H18N2O5. The van der Waals surface area contributed by atoms with E-state index in [4.69, 9.17) is 9.47 Å². The third kappa shape index (κ3) is 1.43. The van der Waals surface area contributed by atoms with Crippen LogP contribution in [0.3, 0.4) is 0 Å². The van der Waals surface area contributed by atoms with Gasteiger partial charge in [0.2, 0.25) is 0 Å². The van der Waals surface area contributed by atoms with Crippen LogP contribution in [0.2, 0.25) is 0 Å². The molecule has 1 aromatic heterocycles. The number of ether oxygens (including phenoxy) is 2. The van der Waals surface area contributed by atoms with Gasteiger partial charge in [-0.05, 0) is 26.2 Å². The molecule has 3 aliphatic rings. The van der Waals surface area contributed by atoms with Gasteiger partial charge in [-0.3, -0.25) is 14.3 Å². The van der Waals surface area contributed by atoms with Crippen molar-refractivity contribution >= 4 is 0 Å². The SMILES string of the molecule is CC[C@]12O[C@@H](n3cc(C)c(=O)[nH]c3=O)C(OC13CC3)[C@H]2O. The first-order valence-corrected chi connectivity index (χ1v) is 7.30. The molecule has 7 heteroatoms. The summed E-state index contributed by atoms with van der Waals surface area (Å²) in [6.45, 7) is 3.58. The molecule has 4 atom stereocenters. The van der Waals surface area contributed by atoms with E-state index in [1.165, 1.54) is 10.8 Å². The highest BCUT2D eigenvalue weighted by Gasteiger charge is 2.77. The van der Waals surface area contributed by atoms with Crippen LogP contribution in [0.4, 0.5) is 0 Å². The number of nitrogens with zero attached hydrogens (tertiary/aromatic N) is 1. The molecule has 2 bridgehead atoms. The summed E-state index contributed by atoms with van der Waals surface area (Å²) in [4.78, 5) is 25.8. The van der Waals surface area contributed by atoms with E-state index in [0.717, 1.165) is 12.8 Å². The lowest BCUT2D eigenvalue weighted by Crippen LogP contribution is -2.49. The van der Waals surface area contributed by atoms with Gasteiger partial charge < -0.3 is 14.6 Å². The largest absolute Gasteiger partial charge is 0.387 e. The van der Waals surface area contributed by atoms with Gasteiger partial charge in [0, 0.05) is 11.8 Å². The molecule has 0 aromatic carbocycles. The standard InChI is InChI=1S/C14H18N2O5/c1-3-14-9(17)8(20-13(14)4-5-13)11(21-14)16-6-7(2)10(18)15-12(16)19/h6,8-9,11,17H,3-5H2,1-2H3,(H,15,18,19)/t8?,9-,11-,14-/m1/s1. The Kier molecular flexibility index (Phi) is 2.43. The first-order valence-electron chi connectivity index (χ1n) is 7.30. The Balaban J connectivity index is 1.79. The van der Waals surface area contributed by atoms with Crippen LogP contribution in [0.1, 0.15) is 38.0 Å². The lowest BCUT2D eigenvalue weighted by Gasteiger charge is -2.37. The van der Waals surface area contributed by atoms with Crippen LogP contribution in [0.15, 0.2) is 15.8 Å². The Bertz CT molecular complexity index is 719. The summed E-state index contributed by atoms with van der Waals surface area (Å²) >= 11 is 0. The van der Waals surface area contributed by atoms with Crippen molar-refractivity contribution in [1.82, 2.24) is 9.55 Å². The molecule has 7 nitrogen and oxygen atoms in total. The predicted octanol–water partition coefficient (Wildman–Crippen LogP) is -0.185. The normalized spacial score (nSPS) is 39.1. The van der Waals surface area contributed by atoms with Gasteiger partial charge in [0.25, 0.3) is 5.56 Å². The summed E-state index contributed by atoms with van der Waals surface area (Å²) in [5.74, 6) is 0. The van der Waals surface area contributed by atoms with Gasteiger partial charge in [0.1, 0.15) is 23.4 Å². The summed E-state index contributed by atoms with van der Waals surface area (Å²) < 4.78 is 13.5. The zero-order valence-electron chi connectivity index (χ0n) is 12.0. The molecule has 3 heterocycles. The summed E-state index contributed by atoms with van der Waals surface area (Å²) in [5.41, 5.74) is -1.67. The third-order valence-electron chi connectivity index (χ3n) is 5.18. The van der Waals surface area contributed by atoms with E-state index < -0.39 is 35.3 Å². The Morgan fingerprint density at radius 1 is 1.43 bits per heavy atom. The summed E-state index contributed by atoms with van der Waals surface area (Å²) in [7, 11) is 0. The average Bonchev–Trinajstić information content (AvgIpc) is 3.12. The monoisotopic (exact) mass is 294 g/mol. The highest BCUT2D eigenvalue weighted by Crippen LogP contribution is 2.65. The Labute approximate surface area is 120 Å². The first-order chi connectivity index (χ1) is 9.94.